The fourth-order valence-corrected chi connectivity index (χ4v) is 5.66. The van der Waals surface area contributed by atoms with Crippen LogP contribution in [0.5, 0.6) is 5.75 Å². The van der Waals surface area contributed by atoms with Crippen LogP contribution in [0.2, 0.25) is 0 Å². The van der Waals surface area contributed by atoms with E-state index in [2.05, 4.69) is 24.9 Å². The molecule has 2 aromatic heterocycles. The van der Waals surface area contributed by atoms with Crippen molar-refractivity contribution in [3.05, 3.63) is 54.0 Å². The van der Waals surface area contributed by atoms with E-state index in [0.29, 0.717) is 41.9 Å². The second-order valence-corrected chi connectivity index (χ2v) is 9.77. The van der Waals surface area contributed by atoms with Gasteiger partial charge in [-0.15, -0.1) is 4.72 Å². The number of nitrogens with zero attached hydrogens (tertiary/aromatic N) is 3. The minimum atomic E-state index is -3.45. The van der Waals surface area contributed by atoms with Crippen molar-refractivity contribution in [2.24, 2.45) is 0 Å². The van der Waals surface area contributed by atoms with Crippen LogP contribution in [0.1, 0.15) is 12.8 Å². The molecule has 158 valence electrons. The van der Waals surface area contributed by atoms with Crippen LogP contribution in [0.25, 0.3) is 0 Å². The number of thiophene rings is 1. The van der Waals surface area contributed by atoms with Gasteiger partial charge < -0.3 is 19.5 Å². The Kier molecular flexibility index (Phi) is 6.28. The third kappa shape index (κ3) is 4.78. The molecule has 1 unspecified atom stereocenters. The molecule has 3 aromatic rings. The van der Waals surface area contributed by atoms with Gasteiger partial charge in [-0.25, -0.2) is 4.98 Å². The van der Waals surface area contributed by atoms with Crippen molar-refractivity contribution >= 4 is 39.2 Å². The standard InChI is InChI=1S/C20H23N5O3S2/c1-28-17-6-3-2-5-16(17)22-18-8-11-21-20(23-18)25-12-9-15(10-13-25)24-30(26,27)19-7-4-14-29-19/h2-8,11,14-15H,9-10,12-13H2,1H3,(H2-,21,22,23,24,26,27). The third-order valence-electron chi connectivity index (χ3n) is 4.87. The highest BCUT2D eigenvalue weighted by atomic mass is 32.3. The van der Waals surface area contributed by atoms with Gasteiger partial charge in [0.1, 0.15) is 11.6 Å². The lowest BCUT2D eigenvalue weighted by Crippen LogP contribution is -2.46. The molecule has 2 N–H and O–H groups in total. The molecule has 0 radical (unpaired) electrons. The third-order valence-corrected chi connectivity index (χ3v) is 7.79. The predicted octanol–water partition coefficient (Wildman–Crippen LogP) is 3.45. The van der Waals surface area contributed by atoms with Crippen LogP contribution >= 0.6 is 11.3 Å². The lowest BCUT2D eigenvalue weighted by molar-refractivity contribution is 0.416. The Morgan fingerprint density at radius 3 is 2.73 bits per heavy atom. The molecule has 0 amide bonds. The summed E-state index contributed by atoms with van der Waals surface area (Å²) in [4.78, 5) is 11.1. The Balaban J connectivity index is 1.38. The lowest BCUT2D eigenvalue weighted by Gasteiger charge is -2.32. The molecule has 1 aliphatic rings. The number of benzene rings is 1. The first-order valence-corrected chi connectivity index (χ1v) is 12.0. The quantitative estimate of drug-likeness (QED) is 0.537. The van der Waals surface area contributed by atoms with Crippen LogP contribution in [0.4, 0.5) is 17.5 Å². The number of rotatable bonds is 7. The first kappa shape index (κ1) is 20.7. The number of para-hydroxylation sites is 2. The molecular weight excluding hydrogens is 422 g/mol. The van der Waals surface area contributed by atoms with E-state index in [1.807, 2.05) is 24.3 Å². The van der Waals surface area contributed by atoms with Crippen LogP contribution < -0.4 is 19.7 Å². The molecule has 1 saturated heterocycles. The van der Waals surface area contributed by atoms with Gasteiger partial charge in [0.15, 0.2) is 10.4 Å². The molecule has 8 nitrogen and oxygen atoms in total. The van der Waals surface area contributed by atoms with E-state index in [-0.39, 0.29) is 6.04 Å². The first-order valence-electron chi connectivity index (χ1n) is 9.59. The minimum absolute atomic E-state index is 0.0942. The van der Waals surface area contributed by atoms with Crippen molar-refractivity contribution in [2.45, 2.75) is 23.1 Å². The summed E-state index contributed by atoms with van der Waals surface area (Å²) in [5.41, 5.74) is 0.825. The maximum Gasteiger partial charge on any atom is 0.228 e. The molecule has 1 fully saturated rings. The zero-order chi connectivity index (χ0) is 21.0. The van der Waals surface area contributed by atoms with Crippen molar-refractivity contribution < 1.29 is 13.5 Å². The number of hydrogen-bond acceptors (Lipinski definition) is 8. The lowest BCUT2D eigenvalue weighted by atomic mass is 10.1. The molecule has 30 heavy (non-hydrogen) atoms. The van der Waals surface area contributed by atoms with Gasteiger partial charge in [-0.05, 0) is 42.5 Å². The van der Waals surface area contributed by atoms with Crippen LogP contribution in [0, 0.1) is 0 Å². The fourth-order valence-electron chi connectivity index (χ4n) is 3.35. The highest BCUT2D eigenvalue weighted by Crippen LogP contribution is 2.27. The summed E-state index contributed by atoms with van der Waals surface area (Å²) in [6, 6.07) is 12.7. The largest absolute Gasteiger partial charge is 0.592 e. The second kappa shape index (κ2) is 9.09. The zero-order valence-corrected chi connectivity index (χ0v) is 18.1. The molecule has 0 aliphatic carbocycles. The van der Waals surface area contributed by atoms with E-state index in [9.17, 15) is 8.76 Å². The van der Waals surface area contributed by atoms with E-state index in [1.54, 1.807) is 36.9 Å². The smallest absolute Gasteiger partial charge is 0.228 e. The van der Waals surface area contributed by atoms with Crippen LogP contribution in [-0.4, -0.2) is 40.8 Å². The van der Waals surface area contributed by atoms with Crippen LogP contribution in [-0.2, 0) is 14.6 Å². The van der Waals surface area contributed by atoms with Gasteiger partial charge in [-0.2, -0.15) is 4.98 Å². The summed E-state index contributed by atoms with van der Waals surface area (Å²) in [5, 5.41) is 5.03. The number of aromatic nitrogens is 2. The number of methoxy groups -OCH3 is 1. The van der Waals surface area contributed by atoms with E-state index in [0.717, 1.165) is 11.4 Å². The molecule has 1 aliphatic heterocycles. The summed E-state index contributed by atoms with van der Waals surface area (Å²) in [6.07, 6.45) is 3.10. The minimum Gasteiger partial charge on any atom is -0.592 e. The van der Waals surface area contributed by atoms with Crippen molar-refractivity contribution in [3.8, 4) is 5.75 Å². The molecule has 3 heterocycles. The average molecular weight is 446 g/mol. The fraction of sp³-hybridized carbons (Fsp3) is 0.300. The Morgan fingerprint density at radius 1 is 1.20 bits per heavy atom. The number of sulfonamides is 1. The summed E-state index contributed by atoms with van der Waals surface area (Å²) in [6.45, 7) is 1.35. The van der Waals surface area contributed by atoms with Crippen molar-refractivity contribution in [1.29, 1.82) is 0 Å². The monoisotopic (exact) mass is 445 g/mol. The summed E-state index contributed by atoms with van der Waals surface area (Å²) >= 11 is 1.22. The number of piperidine rings is 1. The second-order valence-electron chi connectivity index (χ2n) is 6.88. The molecule has 0 spiro atoms. The Labute approximate surface area is 180 Å². The topological polar surface area (TPSA) is 102 Å². The Morgan fingerprint density at radius 2 is 2.00 bits per heavy atom. The normalized spacial score (nSPS) is 16.8. The SMILES string of the molecule is COc1ccccc1Nc1ccnc(N2CCC(N[S+](=O)([O-])c3cccs3)CC2)n1. The molecule has 0 bridgehead atoms. The van der Waals surface area contributed by atoms with Gasteiger partial charge in [0.05, 0.1) is 18.8 Å². The molecule has 1 atom stereocenters. The molecule has 4 rings (SSSR count). The Bertz CT molecular complexity index is 1020. The predicted molar refractivity (Wildman–Crippen MR) is 118 cm³/mol. The van der Waals surface area contributed by atoms with Crippen LogP contribution in [0.15, 0.2) is 58.3 Å². The van der Waals surface area contributed by atoms with E-state index in [4.69, 9.17) is 4.74 Å². The van der Waals surface area contributed by atoms with Gasteiger partial charge in [-0.3, -0.25) is 0 Å². The number of hydrogen-bond donors (Lipinski definition) is 2. The maximum atomic E-state index is 12.4. The highest BCUT2D eigenvalue weighted by molar-refractivity contribution is 7.97. The highest BCUT2D eigenvalue weighted by Gasteiger charge is 2.29. The van der Waals surface area contributed by atoms with Crippen molar-refractivity contribution in [2.75, 3.05) is 30.4 Å². The maximum absolute atomic E-state index is 12.4. The summed E-state index contributed by atoms with van der Waals surface area (Å²) in [7, 11) is -1.82. The van der Waals surface area contributed by atoms with Gasteiger partial charge in [0.2, 0.25) is 10.2 Å². The van der Waals surface area contributed by atoms with E-state index in [1.165, 1.54) is 11.3 Å². The summed E-state index contributed by atoms with van der Waals surface area (Å²) in [5.74, 6) is 2.02. The zero-order valence-electron chi connectivity index (χ0n) is 16.5. The Hall–Kier alpha value is -2.53. The van der Waals surface area contributed by atoms with Gasteiger partial charge in [-0.1, -0.05) is 27.7 Å². The molecular formula is C20H23N5O3S2. The first-order chi connectivity index (χ1) is 14.5. The van der Waals surface area contributed by atoms with Crippen molar-refractivity contribution in [1.82, 2.24) is 14.7 Å². The molecule has 10 heteroatoms. The number of anilines is 3. The summed E-state index contributed by atoms with van der Waals surface area (Å²) < 4.78 is 33.4. The van der Waals surface area contributed by atoms with Crippen LogP contribution in [0.3, 0.4) is 0 Å². The van der Waals surface area contributed by atoms with E-state index >= 15 is 0 Å². The van der Waals surface area contributed by atoms with Gasteiger partial charge in [0, 0.05) is 25.4 Å². The van der Waals surface area contributed by atoms with Gasteiger partial charge in [0.25, 0.3) is 0 Å². The molecule has 1 aromatic carbocycles. The van der Waals surface area contributed by atoms with E-state index < -0.39 is 10.4 Å². The van der Waals surface area contributed by atoms with Gasteiger partial charge >= 0.3 is 0 Å². The number of ether oxygens (including phenoxy) is 1. The number of nitrogens with one attached hydrogen (secondary N) is 2. The molecule has 0 saturated carbocycles. The van der Waals surface area contributed by atoms with Crippen molar-refractivity contribution in [3.63, 3.8) is 0 Å². The average Bonchev–Trinajstić information content (AvgIpc) is 3.31.